The zero-order valence-corrected chi connectivity index (χ0v) is 11.6. The third-order valence-electron chi connectivity index (χ3n) is 4.43. The second kappa shape index (κ2) is 6.53. The van der Waals surface area contributed by atoms with Crippen molar-refractivity contribution in [2.45, 2.75) is 51.7 Å². The summed E-state index contributed by atoms with van der Waals surface area (Å²) in [6, 6.07) is -0.183. The van der Waals surface area contributed by atoms with Crippen LogP contribution in [0.3, 0.4) is 0 Å². The van der Waals surface area contributed by atoms with E-state index in [1.165, 1.54) is 25.7 Å². The highest BCUT2D eigenvalue weighted by Crippen LogP contribution is 2.28. The first-order valence-corrected chi connectivity index (χ1v) is 7.31. The predicted octanol–water partition coefficient (Wildman–Crippen LogP) is 1.31. The van der Waals surface area contributed by atoms with Gasteiger partial charge in [-0.15, -0.1) is 0 Å². The number of hydrogen-bond acceptors (Lipinski definition) is 3. The summed E-state index contributed by atoms with van der Waals surface area (Å²) in [7, 11) is 0. The van der Waals surface area contributed by atoms with E-state index in [0.717, 1.165) is 19.0 Å². The van der Waals surface area contributed by atoms with Gasteiger partial charge in [-0.1, -0.05) is 26.2 Å². The molecule has 0 spiro atoms. The van der Waals surface area contributed by atoms with Gasteiger partial charge in [-0.25, -0.2) is 0 Å². The summed E-state index contributed by atoms with van der Waals surface area (Å²) in [5.74, 6) is 1.49. The number of amides is 1. The average molecular weight is 254 g/mol. The molecule has 1 aliphatic carbocycles. The van der Waals surface area contributed by atoms with Crippen LogP contribution in [0.15, 0.2) is 0 Å². The molecule has 18 heavy (non-hydrogen) atoms. The maximum atomic E-state index is 12.1. The average Bonchev–Trinajstić information content (AvgIpc) is 2.38. The number of carbonyl (C=O) groups is 1. The Labute approximate surface area is 110 Å². The van der Waals surface area contributed by atoms with E-state index in [0.29, 0.717) is 12.5 Å². The third kappa shape index (κ3) is 3.45. The molecule has 0 aromatic rings. The van der Waals surface area contributed by atoms with Crippen LogP contribution in [0.1, 0.15) is 39.5 Å². The maximum Gasteiger partial charge on any atom is 0.239 e. The van der Waals surface area contributed by atoms with Crippen LogP contribution in [0.2, 0.25) is 0 Å². The molecule has 2 aliphatic rings. The van der Waals surface area contributed by atoms with E-state index >= 15 is 0 Å². The van der Waals surface area contributed by atoms with Crippen LogP contribution < -0.4 is 10.6 Å². The molecule has 4 atom stereocenters. The van der Waals surface area contributed by atoms with Crippen molar-refractivity contribution in [1.82, 2.24) is 10.6 Å². The van der Waals surface area contributed by atoms with Gasteiger partial charge in [0.2, 0.25) is 5.91 Å². The van der Waals surface area contributed by atoms with E-state index in [9.17, 15) is 4.79 Å². The van der Waals surface area contributed by atoms with Gasteiger partial charge in [0, 0.05) is 13.1 Å². The number of ether oxygens (including phenoxy) is 1. The minimum Gasteiger partial charge on any atom is -0.375 e. The molecule has 104 valence electrons. The summed E-state index contributed by atoms with van der Waals surface area (Å²) >= 11 is 0. The van der Waals surface area contributed by atoms with Crippen LogP contribution >= 0.6 is 0 Å². The summed E-state index contributed by atoms with van der Waals surface area (Å²) < 4.78 is 5.50. The minimum absolute atomic E-state index is 0.0254. The molecule has 1 heterocycles. The monoisotopic (exact) mass is 254 g/mol. The van der Waals surface area contributed by atoms with Crippen LogP contribution in [0.5, 0.6) is 0 Å². The molecule has 4 nitrogen and oxygen atoms in total. The first-order chi connectivity index (χ1) is 8.68. The van der Waals surface area contributed by atoms with Gasteiger partial charge in [-0.3, -0.25) is 4.79 Å². The standard InChI is InChI=1S/C14H26N2O2/c1-10-5-3-4-6-12(10)9-16-14(17)13-11(2)18-8-7-15-13/h10-13,15H,3-9H2,1-2H3,(H,16,17)/t10?,11-,12?,13+/m1/s1. The molecule has 2 fully saturated rings. The first-order valence-electron chi connectivity index (χ1n) is 7.31. The molecule has 1 saturated carbocycles. The van der Waals surface area contributed by atoms with Crippen molar-refractivity contribution in [2.24, 2.45) is 11.8 Å². The molecule has 0 radical (unpaired) electrons. The molecular formula is C14H26N2O2. The summed E-state index contributed by atoms with van der Waals surface area (Å²) in [5, 5.41) is 6.33. The van der Waals surface area contributed by atoms with E-state index in [4.69, 9.17) is 4.74 Å². The van der Waals surface area contributed by atoms with E-state index < -0.39 is 0 Å². The highest BCUT2D eigenvalue weighted by atomic mass is 16.5. The third-order valence-corrected chi connectivity index (χ3v) is 4.43. The second-order valence-electron chi connectivity index (χ2n) is 5.77. The van der Waals surface area contributed by atoms with Crippen LogP contribution in [0, 0.1) is 11.8 Å². The van der Waals surface area contributed by atoms with Crippen molar-refractivity contribution >= 4 is 5.91 Å². The number of hydrogen-bond donors (Lipinski definition) is 2. The molecule has 4 heteroatoms. The van der Waals surface area contributed by atoms with Crippen molar-refractivity contribution in [3.05, 3.63) is 0 Å². The normalized spacial score (nSPS) is 37.2. The van der Waals surface area contributed by atoms with Crippen molar-refractivity contribution in [3.8, 4) is 0 Å². The predicted molar refractivity (Wildman–Crippen MR) is 71.3 cm³/mol. The Morgan fingerprint density at radius 2 is 2.11 bits per heavy atom. The van der Waals surface area contributed by atoms with Crippen molar-refractivity contribution in [1.29, 1.82) is 0 Å². The summed E-state index contributed by atoms with van der Waals surface area (Å²) in [6.07, 6.45) is 5.20. The molecule has 1 aliphatic heterocycles. The molecule has 0 aromatic heterocycles. The number of carbonyl (C=O) groups excluding carboxylic acids is 1. The Bertz CT molecular complexity index is 283. The smallest absolute Gasteiger partial charge is 0.239 e. The van der Waals surface area contributed by atoms with Gasteiger partial charge in [-0.2, -0.15) is 0 Å². The largest absolute Gasteiger partial charge is 0.375 e. The Balaban J connectivity index is 1.76. The molecule has 2 unspecified atom stereocenters. The fourth-order valence-corrected chi connectivity index (χ4v) is 3.07. The summed E-state index contributed by atoms with van der Waals surface area (Å²) in [6.45, 7) is 6.55. The molecule has 0 bridgehead atoms. The Hall–Kier alpha value is -0.610. The van der Waals surface area contributed by atoms with E-state index in [-0.39, 0.29) is 18.1 Å². The summed E-state index contributed by atoms with van der Waals surface area (Å²) in [5.41, 5.74) is 0. The molecular weight excluding hydrogens is 228 g/mol. The fraction of sp³-hybridized carbons (Fsp3) is 0.929. The molecule has 0 aromatic carbocycles. The van der Waals surface area contributed by atoms with Gasteiger partial charge in [-0.05, 0) is 25.2 Å². The van der Waals surface area contributed by atoms with Gasteiger partial charge in [0.25, 0.3) is 0 Å². The lowest BCUT2D eigenvalue weighted by molar-refractivity contribution is -0.129. The van der Waals surface area contributed by atoms with Crippen LogP contribution in [-0.4, -0.2) is 37.7 Å². The molecule has 1 amide bonds. The minimum atomic E-state index is -0.183. The number of nitrogens with one attached hydrogen (secondary N) is 2. The molecule has 1 saturated heterocycles. The SMILES string of the molecule is CC1CCCCC1CNC(=O)[C@H]1NCCO[C@@H]1C. The second-order valence-corrected chi connectivity index (χ2v) is 5.77. The fourth-order valence-electron chi connectivity index (χ4n) is 3.07. The van der Waals surface area contributed by atoms with Crippen LogP contribution in [0.4, 0.5) is 0 Å². The van der Waals surface area contributed by atoms with E-state index in [2.05, 4.69) is 17.6 Å². The number of morpholine rings is 1. The molecule has 2 rings (SSSR count). The summed E-state index contributed by atoms with van der Waals surface area (Å²) in [4.78, 5) is 12.1. The lowest BCUT2D eigenvalue weighted by Crippen LogP contribution is -2.56. The van der Waals surface area contributed by atoms with Crippen LogP contribution in [0.25, 0.3) is 0 Å². The van der Waals surface area contributed by atoms with Gasteiger partial charge in [0.1, 0.15) is 6.04 Å². The lowest BCUT2D eigenvalue weighted by Gasteiger charge is -2.32. The van der Waals surface area contributed by atoms with Crippen LogP contribution in [-0.2, 0) is 9.53 Å². The van der Waals surface area contributed by atoms with Crippen molar-refractivity contribution in [3.63, 3.8) is 0 Å². The quantitative estimate of drug-likeness (QED) is 0.798. The van der Waals surface area contributed by atoms with Gasteiger partial charge in [0.05, 0.1) is 12.7 Å². The Morgan fingerprint density at radius 3 is 2.83 bits per heavy atom. The number of rotatable bonds is 3. The van der Waals surface area contributed by atoms with Crippen molar-refractivity contribution in [2.75, 3.05) is 19.7 Å². The molecule has 2 N–H and O–H groups in total. The topological polar surface area (TPSA) is 50.4 Å². The highest BCUT2D eigenvalue weighted by Gasteiger charge is 2.29. The lowest BCUT2D eigenvalue weighted by atomic mass is 9.80. The van der Waals surface area contributed by atoms with Crippen molar-refractivity contribution < 1.29 is 9.53 Å². The first kappa shape index (κ1) is 13.8. The zero-order chi connectivity index (χ0) is 13.0. The Morgan fingerprint density at radius 1 is 1.33 bits per heavy atom. The van der Waals surface area contributed by atoms with Gasteiger partial charge < -0.3 is 15.4 Å². The van der Waals surface area contributed by atoms with Gasteiger partial charge >= 0.3 is 0 Å². The van der Waals surface area contributed by atoms with E-state index in [1.807, 2.05) is 6.92 Å². The van der Waals surface area contributed by atoms with Gasteiger partial charge in [0.15, 0.2) is 0 Å². The Kier molecular flexibility index (Phi) is 5.01. The highest BCUT2D eigenvalue weighted by molar-refractivity contribution is 5.82. The zero-order valence-electron chi connectivity index (χ0n) is 11.6. The maximum absolute atomic E-state index is 12.1. The van der Waals surface area contributed by atoms with E-state index in [1.54, 1.807) is 0 Å².